The van der Waals surface area contributed by atoms with Crippen molar-refractivity contribution in [2.75, 3.05) is 19.6 Å². The zero-order valence-corrected chi connectivity index (χ0v) is 14.0. The van der Waals surface area contributed by atoms with Crippen LogP contribution in [0.25, 0.3) is 0 Å². The highest BCUT2D eigenvalue weighted by Crippen LogP contribution is 2.24. The lowest BCUT2D eigenvalue weighted by Gasteiger charge is -2.39. The fourth-order valence-corrected chi connectivity index (χ4v) is 3.37. The summed E-state index contributed by atoms with van der Waals surface area (Å²) in [6, 6.07) is 6.62. The first-order valence-electron chi connectivity index (χ1n) is 7.94. The highest BCUT2D eigenvalue weighted by atomic mass is 35.5. The maximum absolute atomic E-state index is 12.4. The van der Waals surface area contributed by atoms with Crippen LogP contribution in [0.1, 0.15) is 20.7 Å². The SMILES string of the molecule is O=C(CN1C(=O)c2ccccc2C1=O)N1CC(Cn2cc(Cl)cn2)C1. The molecule has 1 fully saturated rings. The van der Waals surface area contributed by atoms with Crippen LogP contribution in [0, 0.1) is 5.92 Å². The smallest absolute Gasteiger partial charge is 0.262 e. The van der Waals surface area contributed by atoms with E-state index < -0.39 is 11.8 Å². The number of hydrogen-bond donors (Lipinski definition) is 0. The molecule has 0 aliphatic carbocycles. The van der Waals surface area contributed by atoms with Gasteiger partial charge in [0.25, 0.3) is 11.8 Å². The van der Waals surface area contributed by atoms with Gasteiger partial charge >= 0.3 is 0 Å². The van der Waals surface area contributed by atoms with Gasteiger partial charge in [0.1, 0.15) is 6.54 Å². The van der Waals surface area contributed by atoms with Crippen molar-refractivity contribution >= 4 is 29.3 Å². The Morgan fingerprint density at radius 1 is 1.16 bits per heavy atom. The maximum Gasteiger partial charge on any atom is 0.262 e. The van der Waals surface area contributed by atoms with Crippen molar-refractivity contribution in [3.63, 3.8) is 0 Å². The van der Waals surface area contributed by atoms with Crippen LogP contribution in [0.2, 0.25) is 5.02 Å². The number of imide groups is 1. The Labute approximate surface area is 148 Å². The van der Waals surface area contributed by atoms with E-state index in [4.69, 9.17) is 11.6 Å². The van der Waals surface area contributed by atoms with Crippen LogP contribution in [-0.2, 0) is 11.3 Å². The van der Waals surface area contributed by atoms with Crippen LogP contribution in [0.3, 0.4) is 0 Å². The number of benzene rings is 1. The molecule has 0 bridgehead atoms. The normalized spacial score (nSPS) is 17.0. The third kappa shape index (κ3) is 2.80. The van der Waals surface area contributed by atoms with Gasteiger partial charge in [-0.15, -0.1) is 0 Å². The van der Waals surface area contributed by atoms with Crippen LogP contribution in [-0.4, -0.2) is 56.9 Å². The molecular weight excluding hydrogens is 344 g/mol. The molecule has 3 amide bonds. The molecule has 0 unspecified atom stereocenters. The molecule has 1 aromatic heterocycles. The van der Waals surface area contributed by atoms with Crippen molar-refractivity contribution in [2.24, 2.45) is 5.92 Å². The lowest BCUT2D eigenvalue weighted by atomic mass is 10.00. The molecule has 0 radical (unpaired) electrons. The molecule has 3 heterocycles. The molecule has 0 atom stereocenters. The quantitative estimate of drug-likeness (QED) is 0.772. The Hall–Kier alpha value is -2.67. The number of carbonyl (C=O) groups is 3. The van der Waals surface area contributed by atoms with Gasteiger partial charge in [0.2, 0.25) is 5.91 Å². The summed E-state index contributed by atoms with van der Waals surface area (Å²) in [6.07, 6.45) is 3.32. The van der Waals surface area contributed by atoms with E-state index in [0.29, 0.717) is 41.7 Å². The maximum atomic E-state index is 12.4. The predicted octanol–water partition coefficient (Wildman–Crippen LogP) is 1.29. The molecule has 2 aliphatic rings. The summed E-state index contributed by atoms with van der Waals surface area (Å²) < 4.78 is 1.75. The Balaban J connectivity index is 1.33. The first kappa shape index (κ1) is 15.8. The van der Waals surface area contributed by atoms with Gasteiger partial charge in [0.05, 0.1) is 22.3 Å². The fraction of sp³-hybridized carbons (Fsp3) is 0.294. The Kier molecular flexibility index (Phi) is 3.80. The largest absolute Gasteiger partial charge is 0.340 e. The van der Waals surface area contributed by atoms with Gasteiger partial charge in [0.15, 0.2) is 0 Å². The molecular formula is C17H15ClN4O3. The third-order valence-corrected chi connectivity index (χ3v) is 4.72. The second kappa shape index (κ2) is 6.00. The lowest BCUT2D eigenvalue weighted by molar-refractivity contribution is -0.138. The Morgan fingerprint density at radius 3 is 2.36 bits per heavy atom. The minimum absolute atomic E-state index is 0.216. The average molecular weight is 359 g/mol. The topological polar surface area (TPSA) is 75.5 Å². The third-order valence-electron chi connectivity index (χ3n) is 4.53. The minimum atomic E-state index is -0.405. The zero-order chi connectivity index (χ0) is 17.6. The first-order chi connectivity index (χ1) is 12.0. The average Bonchev–Trinajstić information content (AvgIpc) is 3.08. The highest BCUT2D eigenvalue weighted by molar-refractivity contribution is 6.30. The predicted molar refractivity (Wildman–Crippen MR) is 89.1 cm³/mol. The van der Waals surface area contributed by atoms with Gasteiger partial charge < -0.3 is 4.90 Å². The van der Waals surface area contributed by atoms with Crippen molar-refractivity contribution in [1.29, 1.82) is 0 Å². The Bertz CT molecular complexity index is 837. The van der Waals surface area contributed by atoms with E-state index in [9.17, 15) is 14.4 Å². The van der Waals surface area contributed by atoms with Crippen molar-refractivity contribution in [3.8, 4) is 0 Å². The van der Waals surface area contributed by atoms with Crippen LogP contribution < -0.4 is 0 Å². The van der Waals surface area contributed by atoms with E-state index in [1.165, 1.54) is 0 Å². The number of likely N-dealkylation sites (tertiary alicyclic amines) is 1. The number of aromatic nitrogens is 2. The molecule has 0 saturated carbocycles. The molecule has 7 nitrogen and oxygen atoms in total. The second-order valence-electron chi connectivity index (χ2n) is 6.29. The molecule has 0 N–H and O–H groups in total. The molecule has 8 heteroatoms. The molecule has 25 heavy (non-hydrogen) atoms. The van der Waals surface area contributed by atoms with Crippen LogP contribution in [0.15, 0.2) is 36.7 Å². The molecule has 1 saturated heterocycles. The van der Waals surface area contributed by atoms with E-state index in [1.807, 2.05) is 0 Å². The number of rotatable bonds is 4. The summed E-state index contributed by atoms with van der Waals surface area (Å²) in [4.78, 5) is 39.6. The van der Waals surface area contributed by atoms with Crippen molar-refractivity contribution in [2.45, 2.75) is 6.54 Å². The van der Waals surface area contributed by atoms with Crippen molar-refractivity contribution in [3.05, 3.63) is 52.8 Å². The molecule has 0 spiro atoms. The van der Waals surface area contributed by atoms with Gasteiger partial charge in [-0.2, -0.15) is 5.10 Å². The van der Waals surface area contributed by atoms with Gasteiger partial charge in [-0.25, -0.2) is 0 Å². The summed E-state index contributed by atoms with van der Waals surface area (Å²) in [5, 5.41) is 4.70. The molecule has 2 aromatic rings. The van der Waals surface area contributed by atoms with Gasteiger partial charge in [0, 0.05) is 31.7 Å². The Morgan fingerprint density at radius 2 is 1.80 bits per heavy atom. The van der Waals surface area contributed by atoms with Gasteiger partial charge in [-0.1, -0.05) is 23.7 Å². The van der Waals surface area contributed by atoms with E-state index in [1.54, 1.807) is 46.2 Å². The monoisotopic (exact) mass is 358 g/mol. The number of nitrogens with zero attached hydrogens (tertiary/aromatic N) is 4. The molecule has 2 aliphatic heterocycles. The van der Waals surface area contributed by atoms with E-state index in [-0.39, 0.29) is 12.5 Å². The van der Waals surface area contributed by atoms with Crippen molar-refractivity contribution in [1.82, 2.24) is 19.6 Å². The van der Waals surface area contributed by atoms with Gasteiger partial charge in [-0.05, 0) is 12.1 Å². The van der Waals surface area contributed by atoms with Crippen LogP contribution in [0.5, 0.6) is 0 Å². The number of carbonyl (C=O) groups excluding carboxylic acids is 3. The second-order valence-corrected chi connectivity index (χ2v) is 6.72. The molecule has 4 rings (SSSR count). The van der Waals surface area contributed by atoms with Crippen LogP contribution >= 0.6 is 11.6 Å². The number of halogens is 1. The number of fused-ring (bicyclic) bond motifs is 1. The number of hydrogen-bond acceptors (Lipinski definition) is 4. The minimum Gasteiger partial charge on any atom is -0.340 e. The van der Waals surface area contributed by atoms with E-state index >= 15 is 0 Å². The summed E-state index contributed by atoms with van der Waals surface area (Å²) >= 11 is 5.83. The zero-order valence-electron chi connectivity index (χ0n) is 13.3. The number of amides is 3. The van der Waals surface area contributed by atoms with E-state index in [0.717, 1.165) is 4.90 Å². The molecule has 128 valence electrons. The summed E-state index contributed by atoms with van der Waals surface area (Å²) in [5.41, 5.74) is 0.717. The standard InChI is InChI=1S/C17H15ClN4O3/c18-12-5-19-21(9-12)8-11-6-20(7-11)15(23)10-22-16(24)13-3-1-2-4-14(13)17(22)25/h1-5,9,11H,6-8,10H2. The summed E-state index contributed by atoms with van der Waals surface area (Å²) in [5.74, 6) is -0.735. The fourth-order valence-electron chi connectivity index (χ4n) is 3.21. The van der Waals surface area contributed by atoms with Crippen molar-refractivity contribution < 1.29 is 14.4 Å². The molecule has 1 aromatic carbocycles. The lowest BCUT2D eigenvalue weighted by Crippen LogP contribution is -2.54. The summed E-state index contributed by atoms with van der Waals surface area (Å²) in [7, 11) is 0. The highest BCUT2D eigenvalue weighted by Gasteiger charge is 2.39. The summed E-state index contributed by atoms with van der Waals surface area (Å²) in [6.45, 7) is 1.63. The van der Waals surface area contributed by atoms with Crippen LogP contribution in [0.4, 0.5) is 0 Å². The van der Waals surface area contributed by atoms with E-state index in [2.05, 4.69) is 5.10 Å². The first-order valence-corrected chi connectivity index (χ1v) is 8.31. The van der Waals surface area contributed by atoms with Gasteiger partial charge in [-0.3, -0.25) is 24.0 Å².